The number of rotatable bonds is 3. The van der Waals surface area contributed by atoms with Crippen molar-refractivity contribution >= 4 is 0 Å². The summed E-state index contributed by atoms with van der Waals surface area (Å²) in [4.78, 5) is 3.88. The topological polar surface area (TPSA) is 26.7 Å². The van der Waals surface area contributed by atoms with Gasteiger partial charge in [0.2, 0.25) is 0 Å². The molecule has 0 saturated carbocycles. The molecule has 1 aliphatic rings. The summed E-state index contributed by atoms with van der Waals surface area (Å²) in [5, 5.41) is 8.93. The van der Waals surface area contributed by atoms with Crippen molar-refractivity contribution in [3.8, 4) is 0 Å². The van der Waals surface area contributed by atoms with Crippen LogP contribution in [0, 0.1) is 0 Å². The van der Waals surface area contributed by atoms with Gasteiger partial charge in [0.05, 0.1) is 0 Å². The van der Waals surface area contributed by atoms with Crippen molar-refractivity contribution in [3.63, 3.8) is 0 Å². The fraction of sp³-hybridized carbons (Fsp3) is 1.00. The number of piperazine rings is 1. The van der Waals surface area contributed by atoms with Gasteiger partial charge in [-0.25, -0.2) is 0 Å². The van der Waals surface area contributed by atoms with E-state index in [1.54, 1.807) is 4.90 Å². The molecule has 0 aromatic carbocycles. The van der Waals surface area contributed by atoms with Gasteiger partial charge in [-0.2, -0.15) is 13.2 Å². The SMILES string of the molecule is CC(C)N1CCN(CC(O)C(F)(F)F)CC1. The Hall–Kier alpha value is -0.330. The maximum atomic E-state index is 12.1. The summed E-state index contributed by atoms with van der Waals surface area (Å²) in [6, 6.07) is 0.426. The van der Waals surface area contributed by atoms with Crippen LogP contribution in [0.3, 0.4) is 0 Å². The highest BCUT2D eigenvalue weighted by molar-refractivity contribution is 4.78. The Morgan fingerprint density at radius 1 is 1.12 bits per heavy atom. The van der Waals surface area contributed by atoms with Gasteiger partial charge in [0.15, 0.2) is 6.10 Å². The standard InChI is InChI=1S/C10H19F3N2O/c1-8(2)15-5-3-14(4-6-15)7-9(16)10(11,12)13/h8-9,16H,3-7H2,1-2H3. The van der Waals surface area contributed by atoms with Crippen molar-refractivity contribution < 1.29 is 18.3 Å². The summed E-state index contributed by atoms with van der Waals surface area (Å²) >= 11 is 0. The van der Waals surface area contributed by atoms with Gasteiger partial charge in [-0.05, 0) is 13.8 Å². The molecular weight excluding hydrogens is 221 g/mol. The molecule has 16 heavy (non-hydrogen) atoms. The number of alkyl halides is 3. The Bertz CT molecular complexity index is 213. The zero-order valence-corrected chi connectivity index (χ0v) is 9.67. The van der Waals surface area contributed by atoms with Crippen LogP contribution in [0.25, 0.3) is 0 Å². The molecule has 1 saturated heterocycles. The van der Waals surface area contributed by atoms with Crippen molar-refractivity contribution in [3.05, 3.63) is 0 Å². The van der Waals surface area contributed by atoms with E-state index in [1.165, 1.54) is 0 Å². The number of halogens is 3. The second-order valence-corrected chi connectivity index (χ2v) is 4.49. The van der Waals surface area contributed by atoms with Crippen molar-refractivity contribution in [2.24, 2.45) is 0 Å². The molecule has 1 rings (SSSR count). The van der Waals surface area contributed by atoms with Crippen molar-refractivity contribution in [1.29, 1.82) is 0 Å². The van der Waals surface area contributed by atoms with Gasteiger partial charge in [0.25, 0.3) is 0 Å². The van der Waals surface area contributed by atoms with Gasteiger partial charge < -0.3 is 5.11 Å². The molecule has 0 amide bonds. The lowest BCUT2D eigenvalue weighted by molar-refractivity contribution is -0.209. The summed E-state index contributed by atoms with van der Waals surface area (Å²) in [6.07, 6.45) is -6.73. The molecule has 0 bridgehead atoms. The fourth-order valence-electron chi connectivity index (χ4n) is 1.81. The monoisotopic (exact) mass is 240 g/mol. The first kappa shape index (κ1) is 13.7. The molecule has 96 valence electrons. The lowest BCUT2D eigenvalue weighted by Crippen LogP contribution is -2.52. The number of hydrogen-bond acceptors (Lipinski definition) is 3. The van der Waals surface area contributed by atoms with E-state index in [2.05, 4.69) is 18.7 Å². The van der Waals surface area contributed by atoms with E-state index in [9.17, 15) is 13.2 Å². The number of hydrogen-bond donors (Lipinski definition) is 1. The summed E-state index contributed by atoms with van der Waals surface area (Å²) in [7, 11) is 0. The minimum absolute atomic E-state index is 0.310. The van der Waals surface area contributed by atoms with Crippen molar-refractivity contribution in [1.82, 2.24) is 9.80 Å². The summed E-state index contributed by atoms with van der Waals surface area (Å²) in [6.45, 7) is 6.54. The Labute approximate surface area is 93.8 Å². The lowest BCUT2D eigenvalue weighted by Gasteiger charge is -2.37. The molecule has 0 aromatic rings. The third-order valence-corrected chi connectivity index (χ3v) is 2.95. The summed E-state index contributed by atoms with van der Waals surface area (Å²) < 4.78 is 36.4. The fourth-order valence-corrected chi connectivity index (χ4v) is 1.81. The first-order valence-electron chi connectivity index (χ1n) is 5.52. The smallest absolute Gasteiger partial charge is 0.382 e. The summed E-state index contributed by atoms with van der Waals surface area (Å²) in [5.41, 5.74) is 0. The minimum Gasteiger partial charge on any atom is -0.382 e. The molecule has 0 radical (unpaired) electrons. The molecular formula is C10H19F3N2O. The third kappa shape index (κ3) is 3.92. The van der Waals surface area contributed by atoms with Crippen LogP contribution in [-0.2, 0) is 0 Å². The Kier molecular flexibility index (Phi) is 4.58. The summed E-state index contributed by atoms with van der Waals surface area (Å²) in [5.74, 6) is 0. The van der Waals surface area contributed by atoms with Gasteiger partial charge in [-0.1, -0.05) is 0 Å². The maximum Gasteiger partial charge on any atom is 0.415 e. The average molecular weight is 240 g/mol. The number of nitrogens with zero attached hydrogens (tertiary/aromatic N) is 2. The molecule has 1 heterocycles. The minimum atomic E-state index is -4.50. The second kappa shape index (κ2) is 5.33. The van der Waals surface area contributed by atoms with E-state index in [4.69, 9.17) is 5.11 Å². The maximum absolute atomic E-state index is 12.1. The molecule has 0 spiro atoms. The molecule has 0 aliphatic carbocycles. The predicted molar refractivity (Wildman–Crippen MR) is 55.2 cm³/mol. The van der Waals surface area contributed by atoms with Gasteiger partial charge in [-0.15, -0.1) is 0 Å². The van der Waals surface area contributed by atoms with Crippen LogP contribution in [-0.4, -0.2) is 66.0 Å². The molecule has 1 atom stereocenters. The van der Waals surface area contributed by atoms with Crippen LogP contribution in [0.4, 0.5) is 13.2 Å². The highest BCUT2D eigenvalue weighted by Crippen LogP contribution is 2.21. The van der Waals surface area contributed by atoms with E-state index in [1.807, 2.05) is 0 Å². The first-order chi connectivity index (χ1) is 7.30. The number of aliphatic hydroxyl groups is 1. The second-order valence-electron chi connectivity index (χ2n) is 4.49. The van der Waals surface area contributed by atoms with Gasteiger partial charge in [-0.3, -0.25) is 9.80 Å². The van der Waals surface area contributed by atoms with Crippen LogP contribution in [0.1, 0.15) is 13.8 Å². The van der Waals surface area contributed by atoms with Crippen molar-refractivity contribution in [2.75, 3.05) is 32.7 Å². The average Bonchev–Trinajstić information content (AvgIpc) is 2.17. The van der Waals surface area contributed by atoms with Gasteiger partial charge >= 0.3 is 6.18 Å². The molecule has 1 N–H and O–H groups in total. The Morgan fingerprint density at radius 3 is 2.00 bits per heavy atom. The van der Waals surface area contributed by atoms with Crippen molar-refractivity contribution in [2.45, 2.75) is 32.2 Å². The lowest BCUT2D eigenvalue weighted by atomic mass is 10.2. The van der Waals surface area contributed by atoms with E-state index in [-0.39, 0.29) is 6.54 Å². The first-order valence-corrected chi connectivity index (χ1v) is 5.52. The van der Waals surface area contributed by atoms with E-state index in [0.29, 0.717) is 19.1 Å². The molecule has 3 nitrogen and oxygen atoms in total. The molecule has 1 unspecified atom stereocenters. The van der Waals surface area contributed by atoms with Gasteiger partial charge in [0, 0.05) is 38.8 Å². The van der Waals surface area contributed by atoms with Crippen LogP contribution >= 0.6 is 0 Å². The zero-order valence-electron chi connectivity index (χ0n) is 9.67. The normalized spacial score (nSPS) is 22.7. The van der Waals surface area contributed by atoms with Crippen LogP contribution in [0.2, 0.25) is 0 Å². The molecule has 1 aliphatic heterocycles. The number of aliphatic hydroxyl groups excluding tert-OH is 1. The predicted octanol–water partition coefficient (Wildman–Crippen LogP) is 0.936. The largest absolute Gasteiger partial charge is 0.415 e. The van der Waals surface area contributed by atoms with E-state index in [0.717, 1.165) is 13.1 Å². The molecule has 1 fully saturated rings. The Balaban J connectivity index is 2.32. The highest BCUT2D eigenvalue weighted by Gasteiger charge is 2.39. The Morgan fingerprint density at radius 2 is 1.62 bits per heavy atom. The molecule has 6 heteroatoms. The highest BCUT2D eigenvalue weighted by atomic mass is 19.4. The molecule has 0 aromatic heterocycles. The quantitative estimate of drug-likeness (QED) is 0.795. The van der Waals surface area contributed by atoms with Crippen LogP contribution in [0.15, 0.2) is 0 Å². The third-order valence-electron chi connectivity index (χ3n) is 2.95. The van der Waals surface area contributed by atoms with Crippen LogP contribution in [0.5, 0.6) is 0 Å². The van der Waals surface area contributed by atoms with E-state index >= 15 is 0 Å². The van der Waals surface area contributed by atoms with Crippen LogP contribution < -0.4 is 0 Å². The van der Waals surface area contributed by atoms with Gasteiger partial charge in [0.1, 0.15) is 0 Å². The zero-order chi connectivity index (χ0) is 12.3. The van der Waals surface area contributed by atoms with E-state index < -0.39 is 12.3 Å². The number of β-amino-alcohol motifs (C(OH)–C–C–N with tert-alkyl or cyclic N) is 1.